The van der Waals surface area contributed by atoms with Crippen LogP contribution in [0.5, 0.6) is 0 Å². The van der Waals surface area contributed by atoms with Gasteiger partial charge in [0.2, 0.25) is 5.91 Å². The Hall–Kier alpha value is -3.33. The SMILES string of the molecule is Cc1ccc(C(=O)Nc2cn3ncnc3c(CN3CCN(C(=O)C(C)C)[C@@H](C)C3)c2C)cn1. The van der Waals surface area contributed by atoms with Crippen molar-refractivity contribution in [2.75, 3.05) is 25.0 Å². The summed E-state index contributed by atoms with van der Waals surface area (Å²) in [4.78, 5) is 38.3. The van der Waals surface area contributed by atoms with Gasteiger partial charge >= 0.3 is 0 Å². The van der Waals surface area contributed by atoms with E-state index in [2.05, 4.69) is 32.2 Å². The summed E-state index contributed by atoms with van der Waals surface area (Å²) in [5.74, 6) is -0.0141. The van der Waals surface area contributed by atoms with Crippen LogP contribution < -0.4 is 5.32 Å². The molecule has 0 aliphatic carbocycles. The van der Waals surface area contributed by atoms with Crippen molar-refractivity contribution >= 4 is 23.1 Å². The Morgan fingerprint density at radius 3 is 2.64 bits per heavy atom. The Kier molecular flexibility index (Phi) is 6.42. The van der Waals surface area contributed by atoms with Gasteiger partial charge in [-0.05, 0) is 38.5 Å². The number of amides is 2. The molecule has 33 heavy (non-hydrogen) atoms. The van der Waals surface area contributed by atoms with E-state index in [1.54, 1.807) is 23.0 Å². The summed E-state index contributed by atoms with van der Waals surface area (Å²) in [6.45, 7) is 12.8. The van der Waals surface area contributed by atoms with E-state index in [0.29, 0.717) is 24.3 Å². The molecule has 4 heterocycles. The van der Waals surface area contributed by atoms with E-state index in [0.717, 1.165) is 35.6 Å². The summed E-state index contributed by atoms with van der Waals surface area (Å²) in [5.41, 5.74) is 4.80. The van der Waals surface area contributed by atoms with E-state index in [1.165, 1.54) is 6.33 Å². The van der Waals surface area contributed by atoms with Crippen molar-refractivity contribution in [3.8, 4) is 0 Å². The summed E-state index contributed by atoms with van der Waals surface area (Å²) in [5, 5.41) is 7.32. The van der Waals surface area contributed by atoms with Crippen molar-refractivity contribution in [2.24, 2.45) is 5.92 Å². The first kappa shape index (κ1) is 22.8. The van der Waals surface area contributed by atoms with Crippen molar-refractivity contribution in [3.05, 3.63) is 53.2 Å². The lowest BCUT2D eigenvalue weighted by Crippen LogP contribution is -2.54. The Bertz CT molecular complexity index is 1170. The molecule has 0 unspecified atom stereocenters. The molecule has 1 saturated heterocycles. The lowest BCUT2D eigenvalue weighted by molar-refractivity contribution is -0.139. The molecule has 0 bridgehead atoms. The van der Waals surface area contributed by atoms with Gasteiger partial charge in [0.15, 0.2) is 5.65 Å². The highest BCUT2D eigenvalue weighted by molar-refractivity contribution is 6.04. The minimum Gasteiger partial charge on any atom is -0.337 e. The first-order valence-corrected chi connectivity index (χ1v) is 11.3. The van der Waals surface area contributed by atoms with Crippen LogP contribution in [0, 0.1) is 19.8 Å². The second-order valence-corrected chi connectivity index (χ2v) is 9.09. The highest BCUT2D eigenvalue weighted by atomic mass is 16.2. The van der Waals surface area contributed by atoms with Crippen LogP contribution in [0.2, 0.25) is 0 Å². The van der Waals surface area contributed by atoms with Crippen molar-refractivity contribution in [3.63, 3.8) is 0 Å². The molecule has 1 aliphatic rings. The van der Waals surface area contributed by atoms with Gasteiger partial charge in [-0.1, -0.05) is 13.8 Å². The highest BCUT2D eigenvalue weighted by Crippen LogP contribution is 2.26. The fraction of sp³-hybridized carbons (Fsp3) is 0.458. The molecule has 0 saturated carbocycles. The van der Waals surface area contributed by atoms with Gasteiger partial charge in [-0.2, -0.15) is 5.10 Å². The van der Waals surface area contributed by atoms with E-state index >= 15 is 0 Å². The number of carbonyl (C=O) groups excluding carboxylic acids is 2. The number of hydrogen-bond donors (Lipinski definition) is 1. The molecule has 9 heteroatoms. The number of nitrogens with zero attached hydrogens (tertiary/aromatic N) is 6. The number of pyridine rings is 2. The second kappa shape index (κ2) is 9.27. The van der Waals surface area contributed by atoms with Gasteiger partial charge in [-0.3, -0.25) is 19.5 Å². The maximum atomic E-state index is 12.8. The Labute approximate surface area is 193 Å². The zero-order valence-corrected chi connectivity index (χ0v) is 19.9. The summed E-state index contributed by atoms with van der Waals surface area (Å²) in [7, 11) is 0. The summed E-state index contributed by atoms with van der Waals surface area (Å²) >= 11 is 0. The predicted molar refractivity (Wildman–Crippen MR) is 126 cm³/mol. The molecule has 1 aliphatic heterocycles. The molecule has 3 aromatic rings. The van der Waals surface area contributed by atoms with Gasteiger partial charge in [-0.25, -0.2) is 9.50 Å². The van der Waals surface area contributed by atoms with Crippen molar-refractivity contribution in [2.45, 2.75) is 47.2 Å². The number of hydrogen-bond acceptors (Lipinski definition) is 6. The fourth-order valence-electron chi connectivity index (χ4n) is 4.28. The molecular formula is C24H31N7O2. The number of rotatable bonds is 5. The summed E-state index contributed by atoms with van der Waals surface area (Å²) in [6.07, 6.45) is 4.90. The number of fused-ring (bicyclic) bond motifs is 1. The molecule has 0 radical (unpaired) electrons. The maximum Gasteiger partial charge on any atom is 0.257 e. The molecule has 174 valence electrons. The van der Waals surface area contributed by atoms with Crippen LogP contribution in [0.15, 0.2) is 30.9 Å². The lowest BCUT2D eigenvalue weighted by atomic mass is 10.1. The predicted octanol–water partition coefficient (Wildman–Crippen LogP) is 2.68. The molecule has 4 rings (SSSR count). The molecule has 2 amide bonds. The number of anilines is 1. The molecule has 3 aromatic heterocycles. The van der Waals surface area contributed by atoms with E-state index in [9.17, 15) is 9.59 Å². The number of piperazine rings is 1. The van der Waals surface area contributed by atoms with Crippen LogP contribution in [0.25, 0.3) is 5.65 Å². The molecule has 0 aromatic carbocycles. The second-order valence-electron chi connectivity index (χ2n) is 9.09. The van der Waals surface area contributed by atoms with Crippen molar-refractivity contribution in [1.82, 2.24) is 29.4 Å². The topological polar surface area (TPSA) is 95.7 Å². The van der Waals surface area contributed by atoms with Crippen LogP contribution in [-0.4, -0.2) is 66.9 Å². The van der Waals surface area contributed by atoms with Gasteiger partial charge in [-0.15, -0.1) is 0 Å². The van der Waals surface area contributed by atoms with Crippen LogP contribution in [0.4, 0.5) is 5.69 Å². The first-order chi connectivity index (χ1) is 15.7. The quantitative estimate of drug-likeness (QED) is 0.643. The van der Waals surface area contributed by atoms with Crippen LogP contribution in [-0.2, 0) is 11.3 Å². The maximum absolute atomic E-state index is 12.8. The number of aromatic nitrogens is 4. The molecule has 0 spiro atoms. The van der Waals surface area contributed by atoms with Crippen LogP contribution in [0.3, 0.4) is 0 Å². The Morgan fingerprint density at radius 1 is 1.18 bits per heavy atom. The van der Waals surface area contributed by atoms with E-state index in [1.807, 2.05) is 38.7 Å². The zero-order valence-electron chi connectivity index (χ0n) is 19.9. The minimum atomic E-state index is -0.217. The molecular weight excluding hydrogens is 418 g/mol. The summed E-state index contributed by atoms with van der Waals surface area (Å²) < 4.78 is 1.70. The standard InChI is InChI=1S/C24H31N7O2/c1-15(2)24(33)30-9-8-29(11-17(30)4)12-20-18(5)21(13-31-22(20)26-14-27-31)28-23(32)19-7-6-16(3)25-10-19/h6-7,10,13-15,17H,8-9,11-12H2,1-5H3,(H,28,32)/t17-/m0/s1. The highest BCUT2D eigenvalue weighted by Gasteiger charge is 2.29. The van der Waals surface area contributed by atoms with E-state index < -0.39 is 0 Å². The van der Waals surface area contributed by atoms with E-state index in [4.69, 9.17) is 0 Å². The van der Waals surface area contributed by atoms with Gasteiger partial charge in [0, 0.05) is 55.6 Å². The fourth-order valence-corrected chi connectivity index (χ4v) is 4.28. The smallest absolute Gasteiger partial charge is 0.257 e. The van der Waals surface area contributed by atoms with Crippen molar-refractivity contribution in [1.29, 1.82) is 0 Å². The number of aryl methyl sites for hydroxylation is 1. The Morgan fingerprint density at radius 2 is 1.97 bits per heavy atom. The third kappa shape index (κ3) is 4.73. The molecule has 1 fully saturated rings. The largest absolute Gasteiger partial charge is 0.337 e. The van der Waals surface area contributed by atoms with Gasteiger partial charge in [0.25, 0.3) is 5.91 Å². The van der Waals surface area contributed by atoms with Crippen LogP contribution in [0.1, 0.15) is 48.0 Å². The molecule has 1 N–H and O–H groups in total. The van der Waals surface area contributed by atoms with Gasteiger partial charge in [0.05, 0.1) is 17.4 Å². The molecule has 1 atom stereocenters. The average molecular weight is 450 g/mol. The monoisotopic (exact) mass is 449 g/mol. The third-order valence-electron chi connectivity index (χ3n) is 6.24. The normalized spacial score (nSPS) is 17.0. The third-order valence-corrected chi connectivity index (χ3v) is 6.24. The Balaban J connectivity index is 1.56. The number of carbonyl (C=O) groups is 2. The zero-order chi connectivity index (χ0) is 23.7. The minimum absolute atomic E-state index is 0.000819. The van der Waals surface area contributed by atoms with Gasteiger partial charge < -0.3 is 10.2 Å². The van der Waals surface area contributed by atoms with Crippen LogP contribution >= 0.6 is 0 Å². The lowest BCUT2D eigenvalue weighted by Gasteiger charge is -2.40. The van der Waals surface area contributed by atoms with Gasteiger partial charge in [0.1, 0.15) is 6.33 Å². The first-order valence-electron chi connectivity index (χ1n) is 11.3. The van der Waals surface area contributed by atoms with E-state index in [-0.39, 0.29) is 23.8 Å². The van der Waals surface area contributed by atoms with Crippen molar-refractivity contribution < 1.29 is 9.59 Å². The molecule has 9 nitrogen and oxygen atoms in total. The average Bonchev–Trinajstić information content (AvgIpc) is 3.25. The number of nitrogens with one attached hydrogen (secondary N) is 1. The summed E-state index contributed by atoms with van der Waals surface area (Å²) in [6, 6.07) is 3.72.